The number of rotatable bonds is 5. The number of hydrogen-bond donors (Lipinski definition) is 1. The Kier molecular flexibility index (Phi) is 4.46. The zero-order chi connectivity index (χ0) is 15.7. The fourth-order valence-electron chi connectivity index (χ4n) is 4.21. The van der Waals surface area contributed by atoms with Gasteiger partial charge in [-0.05, 0) is 68.8 Å². The second kappa shape index (κ2) is 5.82. The van der Waals surface area contributed by atoms with Gasteiger partial charge in [0.2, 0.25) is 0 Å². The molecule has 0 saturated heterocycles. The molecular weight excluding hydrogens is 260 g/mol. The Bertz CT molecular complexity index is 514. The minimum absolute atomic E-state index is 0.332. The number of carboxylic acids is 1. The maximum atomic E-state index is 10.6. The van der Waals surface area contributed by atoms with Crippen LogP contribution in [0.15, 0.2) is 34.9 Å². The van der Waals surface area contributed by atoms with Crippen LogP contribution in [0.1, 0.15) is 66.2 Å². The van der Waals surface area contributed by atoms with Gasteiger partial charge in [-0.1, -0.05) is 37.1 Å². The van der Waals surface area contributed by atoms with E-state index in [-0.39, 0.29) is 0 Å². The predicted octanol–water partition coefficient (Wildman–Crippen LogP) is 5.27. The molecule has 1 saturated carbocycles. The molecule has 0 unspecified atom stereocenters. The topological polar surface area (TPSA) is 37.3 Å². The van der Waals surface area contributed by atoms with Crippen molar-refractivity contribution in [3.63, 3.8) is 0 Å². The quantitative estimate of drug-likeness (QED) is 0.425. The fraction of sp³-hybridized carbons (Fsp3) is 0.632. The molecule has 0 aromatic rings. The summed E-state index contributed by atoms with van der Waals surface area (Å²) < 4.78 is 0. The summed E-state index contributed by atoms with van der Waals surface area (Å²) in [5.74, 6) is -0.870. The lowest BCUT2D eigenvalue weighted by Crippen LogP contribution is -2.26. The van der Waals surface area contributed by atoms with Crippen molar-refractivity contribution in [2.75, 3.05) is 0 Å². The van der Waals surface area contributed by atoms with Gasteiger partial charge in [-0.3, -0.25) is 0 Å². The summed E-state index contributed by atoms with van der Waals surface area (Å²) in [5, 5.41) is 8.74. The van der Waals surface area contributed by atoms with E-state index in [0.717, 1.165) is 12.0 Å². The molecule has 116 valence electrons. The molecule has 0 heterocycles. The summed E-state index contributed by atoms with van der Waals surface area (Å²) in [7, 11) is 0. The molecule has 0 bridgehead atoms. The van der Waals surface area contributed by atoms with Gasteiger partial charge in [0, 0.05) is 6.08 Å². The van der Waals surface area contributed by atoms with E-state index in [2.05, 4.69) is 26.8 Å². The summed E-state index contributed by atoms with van der Waals surface area (Å²) >= 11 is 0. The molecular formula is C19H28O2. The van der Waals surface area contributed by atoms with Crippen LogP contribution in [0.3, 0.4) is 0 Å². The highest BCUT2D eigenvalue weighted by atomic mass is 16.4. The molecule has 2 aliphatic carbocycles. The maximum Gasteiger partial charge on any atom is 0.328 e. The van der Waals surface area contributed by atoms with Crippen molar-refractivity contribution in [3.8, 4) is 0 Å². The highest BCUT2D eigenvalue weighted by molar-refractivity contribution is 5.81. The van der Waals surface area contributed by atoms with E-state index in [0.29, 0.717) is 10.8 Å². The molecule has 0 aliphatic heterocycles. The van der Waals surface area contributed by atoms with Crippen LogP contribution >= 0.6 is 0 Å². The Hall–Kier alpha value is -1.31. The second-order valence-electron chi connectivity index (χ2n) is 7.51. The van der Waals surface area contributed by atoms with E-state index in [9.17, 15) is 4.79 Å². The first-order valence-electron chi connectivity index (χ1n) is 8.05. The summed E-state index contributed by atoms with van der Waals surface area (Å²) in [6, 6.07) is 0. The van der Waals surface area contributed by atoms with Crippen molar-refractivity contribution in [3.05, 3.63) is 34.9 Å². The van der Waals surface area contributed by atoms with Crippen LogP contribution in [0.4, 0.5) is 0 Å². The van der Waals surface area contributed by atoms with Gasteiger partial charge in [0.1, 0.15) is 0 Å². The van der Waals surface area contributed by atoms with Crippen molar-refractivity contribution in [2.45, 2.75) is 66.2 Å². The van der Waals surface area contributed by atoms with Gasteiger partial charge in [-0.15, -0.1) is 0 Å². The molecule has 2 aliphatic rings. The van der Waals surface area contributed by atoms with Crippen molar-refractivity contribution in [1.29, 1.82) is 0 Å². The zero-order valence-corrected chi connectivity index (χ0v) is 13.8. The van der Waals surface area contributed by atoms with Crippen LogP contribution in [0.2, 0.25) is 0 Å². The van der Waals surface area contributed by atoms with Crippen LogP contribution in [-0.2, 0) is 4.79 Å². The summed E-state index contributed by atoms with van der Waals surface area (Å²) in [6.07, 6.45) is 12.9. The molecule has 1 N–H and O–H groups in total. The third-order valence-corrected chi connectivity index (χ3v) is 5.08. The average molecular weight is 288 g/mol. The van der Waals surface area contributed by atoms with Crippen LogP contribution in [0.25, 0.3) is 0 Å². The number of hydrogen-bond acceptors (Lipinski definition) is 1. The van der Waals surface area contributed by atoms with E-state index < -0.39 is 5.97 Å². The highest BCUT2D eigenvalue weighted by Crippen LogP contribution is 2.63. The van der Waals surface area contributed by atoms with Crippen molar-refractivity contribution in [2.24, 2.45) is 10.8 Å². The van der Waals surface area contributed by atoms with Crippen molar-refractivity contribution in [1.82, 2.24) is 0 Å². The molecule has 0 amide bonds. The third-order valence-electron chi connectivity index (χ3n) is 5.08. The molecule has 21 heavy (non-hydrogen) atoms. The molecule has 0 atom stereocenters. The Morgan fingerprint density at radius 3 is 2.48 bits per heavy atom. The first kappa shape index (κ1) is 16.1. The van der Waals surface area contributed by atoms with Crippen molar-refractivity contribution >= 4 is 5.97 Å². The van der Waals surface area contributed by atoms with Gasteiger partial charge in [0.25, 0.3) is 0 Å². The highest BCUT2D eigenvalue weighted by Gasteiger charge is 2.50. The van der Waals surface area contributed by atoms with Crippen LogP contribution in [0.5, 0.6) is 0 Å². The summed E-state index contributed by atoms with van der Waals surface area (Å²) in [5.41, 5.74) is 4.82. The first-order valence-corrected chi connectivity index (χ1v) is 8.05. The van der Waals surface area contributed by atoms with Gasteiger partial charge in [-0.2, -0.15) is 0 Å². The monoisotopic (exact) mass is 288 g/mol. The van der Waals surface area contributed by atoms with Gasteiger partial charge in [0.05, 0.1) is 0 Å². The Morgan fingerprint density at radius 2 is 1.95 bits per heavy atom. The van der Waals surface area contributed by atoms with E-state index in [4.69, 9.17) is 5.11 Å². The molecule has 2 heteroatoms. The van der Waals surface area contributed by atoms with Crippen LogP contribution < -0.4 is 0 Å². The van der Waals surface area contributed by atoms with Crippen molar-refractivity contribution < 1.29 is 9.90 Å². The Morgan fingerprint density at radius 1 is 1.29 bits per heavy atom. The molecule has 0 spiro atoms. The average Bonchev–Trinajstić information content (AvgIpc) is 3.07. The molecule has 0 aromatic heterocycles. The van der Waals surface area contributed by atoms with Crippen LogP contribution in [0, 0.1) is 10.8 Å². The second-order valence-corrected chi connectivity index (χ2v) is 7.51. The minimum Gasteiger partial charge on any atom is -0.478 e. The first-order chi connectivity index (χ1) is 9.77. The van der Waals surface area contributed by atoms with E-state index in [1.807, 2.05) is 13.0 Å². The molecule has 1 fully saturated rings. The maximum absolute atomic E-state index is 10.6. The smallest absolute Gasteiger partial charge is 0.328 e. The Labute approximate surface area is 128 Å². The molecule has 0 radical (unpaired) electrons. The van der Waals surface area contributed by atoms with Gasteiger partial charge < -0.3 is 5.11 Å². The Balaban J connectivity index is 2.13. The SMILES string of the molecule is CC1=C(C2(C/C=C/C(C)=C/C(=O)O)CC2)C(C)(C)CCC1. The number of carbonyl (C=O) groups is 1. The fourth-order valence-corrected chi connectivity index (χ4v) is 4.21. The van der Waals surface area contributed by atoms with E-state index in [1.165, 1.54) is 38.2 Å². The largest absolute Gasteiger partial charge is 0.478 e. The zero-order valence-electron chi connectivity index (χ0n) is 13.8. The summed E-state index contributed by atoms with van der Waals surface area (Å²) in [6.45, 7) is 8.95. The standard InChI is InChI=1S/C19H28O2/c1-14(13-16(20)21)7-5-10-19(11-12-19)17-15(2)8-6-9-18(17,3)4/h5,7,13H,6,8-12H2,1-4H3,(H,20,21)/b7-5+,14-13+. The van der Waals surface area contributed by atoms with E-state index >= 15 is 0 Å². The third kappa shape index (κ3) is 3.66. The lowest BCUT2D eigenvalue weighted by atomic mass is 9.66. The number of allylic oxidation sites excluding steroid dienone is 5. The van der Waals surface area contributed by atoms with E-state index in [1.54, 1.807) is 11.1 Å². The lowest BCUT2D eigenvalue weighted by Gasteiger charge is -2.39. The molecule has 2 rings (SSSR count). The van der Waals surface area contributed by atoms with Gasteiger partial charge in [0.15, 0.2) is 0 Å². The normalized spacial score (nSPS) is 24.5. The lowest BCUT2D eigenvalue weighted by molar-refractivity contribution is -0.131. The summed E-state index contributed by atoms with van der Waals surface area (Å²) in [4.78, 5) is 10.6. The minimum atomic E-state index is -0.870. The predicted molar refractivity (Wildman–Crippen MR) is 87.1 cm³/mol. The number of carboxylic acid groups (broad SMARTS) is 1. The van der Waals surface area contributed by atoms with Gasteiger partial charge >= 0.3 is 5.97 Å². The van der Waals surface area contributed by atoms with Gasteiger partial charge in [-0.25, -0.2) is 4.79 Å². The molecule has 2 nitrogen and oxygen atoms in total. The molecule has 0 aromatic carbocycles. The van der Waals surface area contributed by atoms with Crippen LogP contribution in [-0.4, -0.2) is 11.1 Å². The number of aliphatic carboxylic acids is 1.